The van der Waals surface area contributed by atoms with Crippen LogP contribution in [0.25, 0.3) is 0 Å². The second kappa shape index (κ2) is 8.84. The molecular formula is C20H33NO3. The molecule has 0 aliphatic carbocycles. The Morgan fingerprint density at radius 1 is 1.21 bits per heavy atom. The average molecular weight is 335 g/mol. The SMILES string of the molecule is CC(C)(C)c1ccc(OCC(O)CN2CCCCC2CCO)cc1. The maximum atomic E-state index is 10.3. The molecule has 1 aliphatic rings. The van der Waals surface area contributed by atoms with Crippen molar-refractivity contribution in [3.8, 4) is 5.75 Å². The highest BCUT2D eigenvalue weighted by molar-refractivity contribution is 5.31. The van der Waals surface area contributed by atoms with Gasteiger partial charge in [0.25, 0.3) is 0 Å². The van der Waals surface area contributed by atoms with Gasteiger partial charge in [-0.05, 0) is 48.9 Å². The lowest BCUT2D eigenvalue weighted by molar-refractivity contribution is 0.0332. The van der Waals surface area contributed by atoms with E-state index in [2.05, 4.69) is 37.8 Å². The molecule has 2 rings (SSSR count). The van der Waals surface area contributed by atoms with Crippen LogP contribution in [0.15, 0.2) is 24.3 Å². The molecule has 0 spiro atoms. The summed E-state index contributed by atoms with van der Waals surface area (Å²) in [6.07, 6.45) is 3.79. The van der Waals surface area contributed by atoms with Gasteiger partial charge in [-0.1, -0.05) is 39.3 Å². The van der Waals surface area contributed by atoms with E-state index in [0.717, 1.165) is 25.1 Å². The summed E-state index contributed by atoms with van der Waals surface area (Å²) in [4.78, 5) is 2.30. The van der Waals surface area contributed by atoms with Crippen molar-refractivity contribution in [2.45, 2.75) is 64.0 Å². The van der Waals surface area contributed by atoms with Crippen LogP contribution in [0.1, 0.15) is 52.0 Å². The molecule has 4 nitrogen and oxygen atoms in total. The van der Waals surface area contributed by atoms with Gasteiger partial charge >= 0.3 is 0 Å². The molecule has 136 valence electrons. The summed E-state index contributed by atoms with van der Waals surface area (Å²) in [6, 6.07) is 8.52. The quantitative estimate of drug-likeness (QED) is 0.804. The molecule has 0 bridgehead atoms. The Balaban J connectivity index is 1.81. The number of likely N-dealkylation sites (tertiary alicyclic amines) is 1. The fraction of sp³-hybridized carbons (Fsp3) is 0.700. The van der Waals surface area contributed by atoms with Gasteiger partial charge in [-0.2, -0.15) is 0 Å². The minimum absolute atomic E-state index is 0.133. The molecule has 1 heterocycles. The van der Waals surface area contributed by atoms with E-state index in [1.54, 1.807) is 0 Å². The van der Waals surface area contributed by atoms with E-state index in [0.29, 0.717) is 19.2 Å². The molecule has 0 radical (unpaired) electrons. The van der Waals surface area contributed by atoms with Gasteiger partial charge in [0.1, 0.15) is 18.5 Å². The molecule has 2 N–H and O–H groups in total. The van der Waals surface area contributed by atoms with E-state index >= 15 is 0 Å². The Morgan fingerprint density at radius 2 is 1.92 bits per heavy atom. The van der Waals surface area contributed by atoms with Gasteiger partial charge in [0, 0.05) is 19.2 Å². The van der Waals surface area contributed by atoms with Gasteiger partial charge in [-0.3, -0.25) is 4.90 Å². The fourth-order valence-electron chi connectivity index (χ4n) is 3.34. The summed E-state index contributed by atoms with van der Waals surface area (Å²) < 4.78 is 5.75. The van der Waals surface area contributed by atoms with Crippen molar-refractivity contribution in [2.24, 2.45) is 0 Å². The zero-order valence-electron chi connectivity index (χ0n) is 15.4. The van der Waals surface area contributed by atoms with Gasteiger partial charge in [-0.15, -0.1) is 0 Å². The topological polar surface area (TPSA) is 52.9 Å². The molecular weight excluding hydrogens is 302 g/mol. The van der Waals surface area contributed by atoms with Crippen LogP contribution in [0.2, 0.25) is 0 Å². The third-order valence-corrected chi connectivity index (χ3v) is 4.82. The van der Waals surface area contributed by atoms with E-state index < -0.39 is 6.10 Å². The molecule has 4 heteroatoms. The lowest BCUT2D eigenvalue weighted by Crippen LogP contribution is -2.45. The second-order valence-electron chi connectivity index (χ2n) is 7.90. The summed E-state index contributed by atoms with van der Waals surface area (Å²) >= 11 is 0. The zero-order chi connectivity index (χ0) is 17.6. The third kappa shape index (κ3) is 5.76. The number of hydrogen-bond donors (Lipinski definition) is 2. The highest BCUT2D eigenvalue weighted by Gasteiger charge is 2.24. The van der Waals surface area contributed by atoms with Crippen LogP contribution in [0, 0.1) is 0 Å². The minimum Gasteiger partial charge on any atom is -0.491 e. The number of aliphatic hydroxyl groups excluding tert-OH is 2. The maximum absolute atomic E-state index is 10.3. The lowest BCUT2D eigenvalue weighted by Gasteiger charge is -2.36. The Labute approximate surface area is 146 Å². The van der Waals surface area contributed by atoms with E-state index in [1.165, 1.54) is 18.4 Å². The number of piperidine rings is 1. The maximum Gasteiger partial charge on any atom is 0.119 e. The monoisotopic (exact) mass is 335 g/mol. The number of nitrogens with zero attached hydrogens (tertiary/aromatic N) is 1. The van der Waals surface area contributed by atoms with Crippen LogP contribution in [0.3, 0.4) is 0 Å². The molecule has 1 saturated heterocycles. The van der Waals surface area contributed by atoms with Crippen molar-refractivity contribution in [3.63, 3.8) is 0 Å². The van der Waals surface area contributed by atoms with Crippen LogP contribution in [-0.4, -0.2) is 53.6 Å². The predicted molar refractivity (Wildman–Crippen MR) is 97.6 cm³/mol. The van der Waals surface area contributed by atoms with Crippen LogP contribution in [0.4, 0.5) is 0 Å². The molecule has 2 atom stereocenters. The Kier molecular flexibility index (Phi) is 7.08. The third-order valence-electron chi connectivity index (χ3n) is 4.82. The predicted octanol–water partition coefficient (Wildman–Crippen LogP) is 2.96. The molecule has 24 heavy (non-hydrogen) atoms. The van der Waals surface area contributed by atoms with Gasteiger partial charge in [0.05, 0.1) is 0 Å². The van der Waals surface area contributed by atoms with E-state index in [-0.39, 0.29) is 12.0 Å². The number of rotatable bonds is 7. The van der Waals surface area contributed by atoms with Crippen LogP contribution in [0.5, 0.6) is 5.75 Å². The molecule has 0 aromatic heterocycles. The first-order valence-electron chi connectivity index (χ1n) is 9.16. The summed E-state index contributed by atoms with van der Waals surface area (Å²) in [5.74, 6) is 0.799. The molecule has 1 aromatic carbocycles. The van der Waals surface area contributed by atoms with Gasteiger partial charge in [0.2, 0.25) is 0 Å². The molecule has 1 aliphatic heterocycles. The first-order chi connectivity index (χ1) is 11.4. The van der Waals surface area contributed by atoms with Crippen LogP contribution < -0.4 is 4.74 Å². The zero-order valence-corrected chi connectivity index (χ0v) is 15.4. The smallest absolute Gasteiger partial charge is 0.119 e. The Bertz CT molecular complexity index is 479. The normalized spacial score (nSPS) is 20.8. The number of hydrogen-bond acceptors (Lipinski definition) is 4. The fourth-order valence-corrected chi connectivity index (χ4v) is 3.34. The molecule has 0 saturated carbocycles. The van der Waals surface area contributed by atoms with Gasteiger partial charge in [0.15, 0.2) is 0 Å². The van der Waals surface area contributed by atoms with E-state index in [4.69, 9.17) is 4.74 Å². The van der Waals surface area contributed by atoms with Gasteiger partial charge < -0.3 is 14.9 Å². The van der Waals surface area contributed by atoms with E-state index in [1.807, 2.05) is 12.1 Å². The summed E-state index contributed by atoms with van der Waals surface area (Å²) in [5, 5.41) is 19.5. The number of benzene rings is 1. The van der Waals surface area contributed by atoms with Crippen molar-refractivity contribution in [1.82, 2.24) is 4.90 Å². The number of β-amino-alcohol motifs (C(OH)–C–C–N with tert-alkyl or cyclic N) is 1. The van der Waals surface area contributed by atoms with Crippen molar-refractivity contribution < 1.29 is 14.9 Å². The van der Waals surface area contributed by atoms with Crippen LogP contribution in [-0.2, 0) is 5.41 Å². The molecule has 1 aromatic rings. The van der Waals surface area contributed by atoms with E-state index in [9.17, 15) is 10.2 Å². The van der Waals surface area contributed by atoms with Crippen LogP contribution >= 0.6 is 0 Å². The van der Waals surface area contributed by atoms with Gasteiger partial charge in [-0.25, -0.2) is 0 Å². The molecule has 2 unspecified atom stereocenters. The number of ether oxygens (including phenoxy) is 1. The van der Waals surface area contributed by atoms with Crippen molar-refractivity contribution in [1.29, 1.82) is 0 Å². The summed E-state index contributed by atoms with van der Waals surface area (Å²) in [6.45, 7) is 8.70. The molecule has 0 amide bonds. The largest absolute Gasteiger partial charge is 0.491 e. The summed E-state index contributed by atoms with van der Waals surface area (Å²) in [7, 11) is 0. The highest BCUT2D eigenvalue weighted by atomic mass is 16.5. The Morgan fingerprint density at radius 3 is 2.54 bits per heavy atom. The number of aliphatic hydroxyl groups is 2. The second-order valence-corrected chi connectivity index (χ2v) is 7.90. The highest BCUT2D eigenvalue weighted by Crippen LogP contribution is 2.24. The lowest BCUT2D eigenvalue weighted by atomic mass is 9.87. The first kappa shape index (κ1) is 19.2. The standard InChI is InChI=1S/C20H33NO3/c1-20(2,3)16-7-9-19(10-8-16)24-15-18(23)14-21-12-5-4-6-17(21)11-13-22/h7-10,17-18,22-23H,4-6,11-15H2,1-3H3. The first-order valence-corrected chi connectivity index (χ1v) is 9.16. The average Bonchev–Trinajstić information content (AvgIpc) is 2.55. The Hall–Kier alpha value is -1.10. The van der Waals surface area contributed by atoms with Crippen molar-refractivity contribution in [2.75, 3.05) is 26.3 Å². The van der Waals surface area contributed by atoms with Crippen molar-refractivity contribution in [3.05, 3.63) is 29.8 Å². The summed E-state index contributed by atoms with van der Waals surface area (Å²) in [5.41, 5.74) is 1.41. The molecule has 1 fully saturated rings. The minimum atomic E-state index is -0.508. The van der Waals surface area contributed by atoms with Crippen molar-refractivity contribution >= 4 is 0 Å².